The minimum Gasteiger partial charge on any atom is -0.497 e. The van der Waals surface area contributed by atoms with Crippen LogP contribution in [0.25, 0.3) is 0 Å². The molecule has 25 heavy (non-hydrogen) atoms. The zero-order valence-electron chi connectivity index (χ0n) is 15.5. The number of likely N-dealkylation sites (tertiary alicyclic amines) is 1. The van der Waals surface area contributed by atoms with Crippen molar-refractivity contribution < 1.29 is 14.3 Å². The molecule has 1 aliphatic heterocycles. The van der Waals surface area contributed by atoms with Crippen LogP contribution in [0, 0.1) is 0 Å². The van der Waals surface area contributed by atoms with Crippen LogP contribution in [0.2, 0.25) is 0 Å². The van der Waals surface area contributed by atoms with Crippen molar-refractivity contribution >= 4 is 11.8 Å². The van der Waals surface area contributed by atoms with Crippen LogP contribution < -0.4 is 10.1 Å². The third-order valence-corrected chi connectivity index (χ3v) is 4.62. The number of likely N-dealkylation sites (N-methyl/N-ethyl adjacent to an activating group) is 1. The number of hydrogen-bond acceptors (Lipinski definition) is 4. The van der Waals surface area contributed by atoms with Crippen LogP contribution in [0.4, 0.5) is 0 Å². The summed E-state index contributed by atoms with van der Waals surface area (Å²) in [7, 11) is 5.61. The standard InChI is InChI=1S/C19H29N3O3/c1-21(2)17(15-8-10-16(25-3)11-9-15)13-20-18(23)14-22-12-6-4-5-7-19(22)24/h8-11,17H,4-7,12-14H2,1-3H3,(H,20,23). The molecule has 1 fully saturated rings. The molecule has 6 nitrogen and oxygen atoms in total. The Hall–Kier alpha value is -2.08. The Bertz CT molecular complexity index is 572. The van der Waals surface area contributed by atoms with Gasteiger partial charge in [-0.2, -0.15) is 0 Å². The Morgan fingerprint density at radius 2 is 1.96 bits per heavy atom. The molecule has 0 bridgehead atoms. The molecule has 0 spiro atoms. The van der Waals surface area contributed by atoms with E-state index in [2.05, 4.69) is 10.2 Å². The van der Waals surface area contributed by atoms with Crippen LogP contribution in [0.3, 0.4) is 0 Å². The van der Waals surface area contributed by atoms with E-state index >= 15 is 0 Å². The maximum absolute atomic E-state index is 12.3. The van der Waals surface area contributed by atoms with E-state index in [0.717, 1.165) is 30.6 Å². The maximum atomic E-state index is 12.3. The average Bonchev–Trinajstić information content (AvgIpc) is 2.80. The number of hydrogen-bond donors (Lipinski definition) is 1. The van der Waals surface area contributed by atoms with Crippen molar-refractivity contribution in [2.75, 3.05) is 40.8 Å². The molecule has 1 atom stereocenters. The summed E-state index contributed by atoms with van der Waals surface area (Å²) in [5.41, 5.74) is 1.11. The van der Waals surface area contributed by atoms with Gasteiger partial charge in [0.05, 0.1) is 19.7 Å². The van der Waals surface area contributed by atoms with Crippen molar-refractivity contribution in [2.45, 2.75) is 31.7 Å². The van der Waals surface area contributed by atoms with Crippen molar-refractivity contribution in [3.8, 4) is 5.75 Å². The lowest BCUT2D eigenvalue weighted by molar-refractivity contribution is -0.135. The normalized spacial score (nSPS) is 16.5. The summed E-state index contributed by atoms with van der Waals surface area (Å²) in [4.78, 5) is 28.0. The number of benzene rings is 1. The van der Waals surface area contributed by atoms with Crippen LogP contribution in [-0.4, -0.2) is 62.5 Å². The van der Waals surface area contributed by atoms with Gasteiger partial charge in [-0.15, -0.1) is 0 Å². The summed E-state index contributed by atoms with van der Waals surface area (Å²) in [5.74, 6) is 0.799. The molecule has 138 valence electrons. The molecule has 1 aromatic carbocycles. The van der Waals surface area contributed by atoms with Gasteiger partial charge in [-0.05, 0) is 44.6 Å². The lowest BCUT2D eigenvalue weighted by Gasteiger charge is -2.26. The summed E-state index contributed by atoms with van der Waals surface area (Å²) in [6.07, 6.45) is 3.52. The lowest BCUT2D eigenvalue weighted by Crippen LogP contribution is -2.42. The second-order valence-corrected chi connectivity index (χ2v) is 6.68. The fraction of sp³-hybridized carbons (Fsp3) is 0.579. The maximum Gasteiger partial charge on any atom is 0.239 e. The van der Waals surface area contributed by atoms with Gasteiger partial charge in [0, 0.05) is 19.5 Å². The zero-order valence-corrected chi connectivity index (χ0v) is 15.5. The summed E-state index contributed by atoms with van der Waals surface area (Å²) in [5, 5.41) is 2.97. The lowest BCUT2D eigenvalue weighted by atomic mass is 10.1. The van der Waals surface area contributed by atoms with Gasteiger partial charge in [0.2, 0.25) is 11.8 Å². The smallest absolute Gasteiger partial charge is 0.239 e. The van der Waals surface area contributed by atoms with Gasteiger partial charge in [0.25, 0.3) is 0 Å². The van der Waals surface area contributed by atoms with Crippen LogP contribution in [0.5, 0.6) is 5.75 Å². The van der Waals surface area contributed by atoms with Gasteiger partial charge in [-0.1, -0.05) is 18.6 Å². The molecular formula is C19H29N3O3. The van der Waals surface area contributed by atoms with Crippen LogP contribution >= 0.6 is 0 Å². The molecule has 1 unspecified atom stereocenters. The van der Waals surface area contributed by atoms with E-state index in [1.807, 2.05) is 38.4 Å². The Morgan fingerprint density at radius 3 is 2.60 bits per heavy atom. The molecule has 6 heteroatoms. The van der Waals surface area contributed by atoms with Crippen molar-refractivity contribution in [2.24, 2.45) is 0 Å². The van der Waals surface area contributed by atoms with Gasteiger partial charge in [0.15, 0.2) is 0 Å². The molecule has 1 heterocycles. The van der Waals surface area contributed by atoms with Crippen molar-refractivity contribution in [1.82, 2.24) is 15.1 Å². The fourth-order valence-electron chi connectivity index (χ4n) is 3.07. The van der Waals surface area contributed by atoms with E-state index in [9.17, 15) is 9.59 Å². The Balaban J connectivity index is 1.91. The number of rotatable bonds is 7. The third kappa shape index (κ3) is 5.74. The van der Waals surface area contributed by atoms with E-state index in [-0.39, 0.29) is 24.4 Å². The minimum atomic E-state index is -0.101. The fourth-order valence-corrected chi connectivity index (χ4v) is 3.07. The van der Waals surface area contributed by atoms with Crippen molar-refractivity contribution in [3.63, 3.8) is 0 Å². The van der Waals surface area contributed by atoms with Gasteiger partial charge >= 0.3 is 0 Å². The van der Waals surface area contributed by atoms with Crippen LogP contribution in [0.1, 0.15) is 37.3 Å². The highest BCUT2D eigenvalue weighted by Gasteiger charge is 2.20. The van der Waals surface area contributed by atoms with E-state index in [4.69, 9.17) is 4.74 Å². The molecule has 1 aliphatic rings. The molecule has 2 amide bonds. The second kappa shape index (κ2) is 9.42. The molecule has 0 aliphatic carbocycles. The first-order chi connectivity index (χ1) is 12.0. The number of nitrogens with zero attached hydrogens (tertiary/aromatic N) is 2. The van der Waals surface area contributed by atoms with Crippen LogP contribution in [-0.2, 0) is 9.59 Å². The number of nitrogens with one attached hydrogen (secondary N) is 1. The number of carbonyl (C=O) groups is 2. The predicted octanol–water partition coefficient (Wildman–Crippen LogP) is 1.82. The topological polar surface area (TPSA) is 61.9 Å². The number of ether oxygens (including phenoxy) is 1. The quantitative estimate of drug-likeness (QED) is 0.817. The first-order valence-corrected chi connectivity index (χ1v) is 8.86. The van der Waals surface area contributed by atoms with E-state index < -0.39 is 0 Å². The van der Waals surface area contributed by atoms with E-state index in [0.29, 0.717) is 19.5 Å². The SMILES string of the molecule is COc1ccc(C(CNC(=O)CN2CCCCCC2=O)N(C)C)cc1. The first-order valence-electron chi connectivity index (χ1n) is 8.86. The summed E-state index contributed by atoms with van der Waals surface area (Å²) < 4.78 is 5.19. The predicted molar refractivity (Wildman–Crippen MR) is 97.5 cm³/mol. The first kappa shape index (κ1) is 19.2. The number of methoxy groups -OCH3 is 1. The largest absolute Gasteiger partial charge is 0.497 e. The highest BCUT2D eigenvalue weighted by atomic mass is 16.5. The monoisotopic (exact) mass is 347 g/mol. The highest BCUT2D eigenvalue weighted by molar-refractivity contribution is 5.84. The molecule has 1 saturated heterocycles. The Kier molecular flexibility index (Phi) is 7.25. The average molecular weight is 347 g/mol. The third-order valence-electron chi connectivity index (χ3n) is 4.62. The molecule has 0 radical (unpaired) electrons. The molecule has 0 saturated carbocycles. The van der Waals surface area contributed by atoms with E-state index in [1.165, 1.54) is 0 Å². The Morgan fingerprint density at radius 1 is 1.24 bits per heavy atom. The summed E-state index contributed by atoms with van der Waals surface area (Å²) in [6.45, 7) is 1.34. The molecule has 1 aromatic rings. The second-order valence-electron chi connectivity index (χ2n) is 6.68. The summed E-state index contributed by atoms with van der Waals surface area (Å²) >= 11 is 0. The van der Waals surface area contributed by atoms with Gasteiger partial charge in [0.1, 0.15) is 5.75 Å². The Labute approximate surface area is 150 Å². The molecule has 1 N–H and O–H groups in total. The summed E-state index contributed by atoms with van der Waals surface area (Å²) in [6, 6.07) is 7.92. The number of carbonyl (C=O) groups excluding carboxylic acids is 2. The van der Waals surface area contributed by atoms with Crippen molar-refractivity contribution in [1.29, 1.82) is 0 Å². The molecule has 2 rings (SSSR count). The zero-order chi connectivity index (χ0) is 18.2. The van der Waals surface area contributed by atoms with Crippen molar-refractivity contribution in [3.05, 3.63) is 29.8 Å². The minimum absolute atomic E-state index is 0.0645. The van der Waals surface area contributed by atoms with Gasteiger partial charge < -0.3 is 19.9 Å². The van der Waals surface area contributed by atoms with Gasteiger partial charge in [-0.3, -0.25) is 9.59 Å². The molecular weight excluding hydrogens is 318 g/mol. The molecule has 0 aromatic heterocycles. The van der Waals surface area contributed by atoms with Crippen LogP contribution in [0.15, 0.2) is 24.3 Å². The number of amides is 2. The van der Waals surface area contributed by atoms with E-state index in [1.54, 1.807) is 12.0 Å². The highest BCUT2D eigenvalue weighted by Crippen LogP contribution is 2.20. The van der Waals surface area contributed by atoms with Gasteiger partial charge in [-0.25, -0.2) is 0 Å².